The van der Waals surface area contributed by atoms with E-state index in [1.54, 1.807) is 13.0 Å². The number of aromatic nitrogens is 2. The van der Waals surface area contributed by atoms with Gasteiger partial charge >= 0.3 is 0 Å². The molecule has 0 aliphatic carbocycles. The van der Waals surface area contributed by atoms with Crippen LogP contribution in [-0.4, -0.2) is 20.9 Å². The maximum atomic E-state index is 14.1. The largest absolute Gasteiger partial charge is 0.507 e. The lowest BCUT2D eigenvalue weighted by atomic mass is 9.98. The fourth-order valence-electron chi connectivity index (χ4n) is 2.42. The number of benzene rings is 2. The summed E-state index contributed by atoms with van der Waals surface area (Å²) < 4.78 is 14.1. The molecule has 7 heteroatoms. The number of hydrogen-bond acceptors (Lipinski definition) is 5. The van der Waals surface area contributed by atoms with Crippen LogP contribution in [0.15, 0.2) is 42.5 Å². The fourth-order valence-corrected chi connectivity index (χ4v) is 2.61. The minimum absolute atomic E-state index is 0.0533. The maximum Gasteiger partial charge on any atom is 0.221 e. The molecule has 0 unspecified atom stereocenters. The molecule has 1 heterocycles. The first kappa shape index (κ1) is 16.9. The highest BCUT2D eigenvalue weighted by atomic mass is 35.5. The van der Waals surface area contributed by atoms with Crippen LogP contribution in [0.3, 0.4) is 0 Å². The van der Waals surface area contributed by atoms with Gasteiger partial charge < -0.3 is 10.8 Å². The second-order valence-electron chi connectivity index (χ2n) is 5.48. The molecule has 0 saturated heterocycles. The molecule has 126 valence electrons. The molecule has 0 fully saturated rings. The summed E-state index contributed by atoms with van der Waals surface area (Å²) in [5.41, 5.74) is 6.93. The van der Waals surface area contributed by atoms with E-state index in [4.69, 9.17) is 17.3 Å². The monoisotopic (exact) mass is 357 g/mol. The van der Waals surface area contributed by atoms with Gasteiger partial charge in [-0.2, -0.15) is 0 Å². The van der Waals surface area contributed by atoms with Gasteiger partial charge in [-0.25, -0.2) is 14.4 Å². The van der Waals surface area contributed by atoms with Gasteiger partial charge in [-0.15, -0.1) is 0 Å². The fraction of sp³-hybridized carbons (Fsp3) is 0.0556. The second-order valence-corrected chi connectivity index (χ2v) is 5.87. The Bertz CT molecular complexity index is 972. The molecule has 3 N–H and O–H groups in total. The van der Waals surface area contributed by atoms with Gasteiger partial charge in [0.05, 0.1) is 11.3 Å². The summed E-state index contributed by atoms with van der Waals surface area (Å²) >= 11 is 5.86. The van der Waals surface area contributed by atoms with Crippen molar-refractivity contribution in [1.29, 1.82) is 0 Å². The van der Waals surface area contributed by atoms with E-state index in [9.17, 15) is 14.3 Å². The number of carbonyl (C=O) groups excluding carboxylic acids is 1. The third-order valence-electron chi connectivity index (χ3n) is 3.62. The van der Waals surface area contributed by atoms with E-state index < -0.39 is 11.6 Å². The molecule has 0 amide bonds. The topological polar surface area (TPSA) is 89.1 Å². The summed E-state index contributed by atoms with van der Waals surface area (Å²) in [5, 5.41) is 10.2. The Labute approximate surface area is 147 Å². The molecular formula is C18H13ClFN3O2. The Morgan fingerprint density at radius 3 is 2.60 bits per heavy atom. The molecule has 0 bridgehead atoms. The highest BCUT2D eigenvalue weighted by molar-refractivity contribution is 6.29. The van der Waals surface area contributed by atoms with Gasteiger partial charge in [-0.3, -0.25) is 4.79 Å². The highest BCUT2D eigenvalue weighted by Gasteiger charge is 2.17. The first-order chi connectivity index (χ1) is 11.8. The van der Waals surface area contributed by atoms with Gasteiger partial charge in [-0.1, -0.05) is 17.7 Å². The molecule has 0 saturated carbocycles. The molecule has 0 spiro atoms. The van der Waals surface area contributed by atoms with Crippen LogP contribution in [0.4, 0.5) is 10.3 Å². The second kappa shape index (κ2) is 6.49. The van der Waals surface area contributed by atoms with Crippen molar-refractivity contribution in [3.8, 4) is 17.0 Å². The van der Waals surface area contributed by atoms with Crippen molar-refractivity contribution in [3.05, 3.63) is 70.1 Å². The molecule has 0 radical (unpaired) electrons. The van der Waals surface area contributed by atoms with Crippen LogP contribution in [0.1, 0.15) is 21.5 Å². The highest BCUT2D eigenvalue weighted by Crippen LogP contribution is 2.31. The minimum atomic E-state index is -0.603. The summed E-state index contributed by atoms with van der Waals surface area (Å²) in [4.78, 5) is 20.4. The molecule has 25 heavy (non-hydrogen) atoms. The smallest absolute Gasteiger partial charge is 0.221 e. The molecule has 5 nitrogen and oxygen atoms in total. The zero-order chi connectivity index (χ0) is 18.1. The average molecular weight is 358 g/mol. The Kier molecular flexibility index (Phi) is 4.37. The van der Waals surface area contributed by atoms with Crippen LogP contribution in [0.25, 0.3) is 11.3 Å². The van der Waals surface area contributed by atoms with E-state index in [0.29, 0.717) is 5.56 Å². The van der Waals surface area contributed by atoms with Gasteiger partial charge in [0.1, 0.15) is 16.7 Å². The van der Waals surface area contributed by atoms with E-state index in [1.165, 1.54) is 36.4 Å². The maximum absolute atomic E-state index is 14.1. The lowest BCUT2D eigenvalue weighted by molar-refractivity contribution is 0.103. The lowest BCUT2D eigenvalue weighted by Gasteiger charge is -2.09. The number of carbonyl (C=O) groups is 1. The number of aromatic hydroxyl groups is 1. The predicted molar refractivity (Wildman–Crippen MR) is 93.1 cm³/mol. The van der Waals surface area contributed by atoms with Crippen LogP contribution in [0.2, 0.25) is 5.15 Å². The number of nitrogen functional groups attached to an aromatic ring is 1. The van der Waals surface area contributed by atoms with Crippen molar-refractivity contribution in [3.63, 3.8) is 0 Å². The zero-order valence-corrected chi connectivity index (χ0v) is 13.9. The van der Waals surface area contributed by atoms with Crippen LogP contribution in [-0.2, 0) is 0 Å². The number of phenols is 1. The Morgan fingerprint density at radius 2 is 1.92 bits per heavy atom. The third kappa shape index (κ3) is 3.44. The molecule has 2 aromatic carbocycles. The van der Waals surface area contributed by atoms with Crippen molar-refractivity contribution in [2.75, 3.05) is 5.73 Å². The number of ketones is 1. The van der Waals surface area contributed by atoms with Crippen molar-refractivity contribution in [2.24, 2.45) is 0 Å². The van der Waals surface area contributed by atoms with Gasteiger partial charge in [0, 0.05) is 17.2 Å². The Morgan fingerprint density at radius 1 is 1.16 bits per heavy atom. The Hall–Kier alpha value is -2.99. The van der Waals surface area contributed by atoms with Gasteiger partial charge in [0.25, 0.3) is 0 Å². The number of nitrogens with zero attached hydrogens (tertiary/aromatic N) is 2. The van der Waals surface area contributed by atoms with E-state index in [2.05, 4.69) is 9.97 Å². The number of nitrogens with two attached hydrogens (primary N) is 1. The summed E-state index contributed by atoms with van der Waals surface area (Å²) in [7, 11) is 0. The quantitative estimate of drug-likeness (QED) is 0.550. The van der Waals surface area contributed by atoms with Gasteiger partial charge in [0.2, 0.25) is 5.95 Å². The van der Waals surface area contributed by atoms with Crippen LogP contribution in [0.5, 0.6) is 5.75 Å². The molecule has 3 aromatic rings. The summed E-state index contributed by atoms with van der Waals surface area (Å²) in [5.74, 6) is -1.29. The predicted octanol–water partition coefficient (Wildman–Crippen LogP) is 3.76. The van der Waals surface area contributed by atoms with Gasteiger partial charge in [0.15, 0.2) is 5.78 Å². The lowest BCUT2D eigenvalue weighted by Crippen LogP contribution is -2.05. The summed E-state index contributed by atoms with van der Waals surface area (Å²) in [6, 6.07) is 9.94. The van der Waals surface area contributed by atoms with E-state index in [-0.39, 0.29) is 39.2 Å². The average Bonchev–Trinajstić information content (AvgIpc) is 2.53. The van der Waals surface area contributed by atoms with Crippen molar-refractivity contribution in [1.82, 2.24) is 9.97 Å². The molecule has 0 aliphatic heterocycles. The third-order valence-corrected chi connectivity index (χ3v) is 3.81. The minimum Gasteiger partial charge on any atom is -0.507 e. The number of halogens is 2. The number of anilines is 1. The standard InChI is InChI=1S/C18H13ClFN3O2/c1-9-2-4-11(13(20)6-9)17(25)10-3-5-15(24)12(7-10)14-8-16(19)23-18(21)22-14/h2-8,24H,1H3,(H2,21,22,23). The zero-order valence-electron chi connectivity index (χ0n) is 13.1. The molecule has 1 aromatic heterocycles. The van der Waals surface area contributed by atoms with Crippen molar-refractivity contribution >= 4 is 23.3 Å². The first-order valence-corrected chi connectivity index (χ1v) is 7.67. The van der Waals surface area contributed by atoms with Crippen LogP contribution >= 0.6 is 11.6 Å². The number of aryl methyl sites for hydroxylation is 1. The molecule has 3 rings (SSSR count). The first-order valence-electron chi connectivity index (χ1n) is 7.29. The molecule has 0 aliphatic rings. The molecule has 0 atom stereocenters. The SMILES string of the molecule is Cc1ccc(C(=O)c2ccc(O)c(-c3cc(Cl)nc(N)n3)c2)c(F)c1. The number of rotatable bonds is 3. The van der Waals surface area contributed by atoms with Crippen molar-refractivity contribution in [2.45, 2.75) is 6.92 Å². The number of phenolic OH excluding ortho intramolecular Hbond substituents is 1. The molecular weight excluding hydrogens is 345 g/mol. The Balaban J connectivity index is 2.08. The van der Waals surface area contributed by atoms with E-state index in [0.717, 1.165) is 0 Å². The summed E-state index contributed by atoms with van der Waals surface area (Å²) in [6.07, 6.45) is 0. The van der Waals surface area contributed by atoms with Gasteiger partial charge in [-0.05, 0) is 42.8 Å². The van der Waals surface area contributed by atoms with E-state index in [1.807, 2.05) is 0 Å². The van der Waals surface area contributed by atoms with Crippen LogP contribution < -0.4 is 5.73 Å². The van der Waals surface area contributed by atoms with E-state index >= 15 is 0 Å². The summed E-state index contributed by atoms with van der Waals surface area (Å²) in [6.45, 7) is 1.74. The van der Waals surface area contributed by atoms with Crippen LogP contribution in [0, 0.1) is 12.7 Å². The number of hydrogen-bond donors (Lipinski definition) is 2. The normalized spacial score (nSPS) is 10.7. The van der Waals surface area contributed by atoms with Crippen molar-refractivity contribution < 1.29 is 14.3 Å².